The van der Waals surface area contributed by atoms with Crippen molar-refractivity contribution in [1.29, 1.82) is 0 Å². The van der Waals surface area contributed by atoms with Gasteiger partial charge in [0.2, 0.25) is 0 Å². The Kier molecular flexibility index (Phi) is 5.85. The highest BCUT2D eigenvalue weighted by molar-refractivity contribution is 5.67. The lowest BCUT2D eigenvalue weighted by atomic mass is 9.84. The summed E-state index contributed by atoms with van der Waals surface area (Å²) in [6.07, 6.45) is -0.613. The first-order valence-corrected chi connectivity index (χ1v) is 9.23. The average molecular weight is 390 g/mol. The van der Waals surface area contributed by atoms with Gasteiger partial charge in [0.25, 0.3) is 0 Å². The van der Waals surface area contributed by atoms with E-state index in [4.69, 9.17) is 9.47 Å². The summed E-state index contributed by atoms with van der Waals surface area (Å²) in [5.74, 6) is 0.737. The van der Waals surface area contributed by atoms with Crippen LogP contribution >= 0.6 is 0 Å². The molecule has 9 heteroatoms. The average Bonchev–Trinajstić information content (AvgIpc) is 3.09. The summed E-state index contributed by atoms with van der Waals surface area (Å²) in [7, 11) is 1.60. The van der Waals surface area contributed by atoms with Crippen LogP contribution in [-0.4, -0.2) is 51.1 Å². The monoisotopic (exact) mass is 390 g/mol. The molecule has 152 valence electrons. The molecule has 0 bridgehead atoms. The second kappa shape index (κ2) is 8.15. The molecule has 0 spiro atoms. The zero-order valence-corrected chi connectivity index (χ0v) is 16.3. The summed E-state index contributed by atoms with van der Waals surface area (Å²) in [4.78, 5) is 12.0. The maximum atomic E-state index is 12.0. The SMILES string of the molecule is COc1ccc(Cn2nnc3c2[C@](O)(CO)CC[C@H]3OC(=O)NC(C)C)cc1. The first kappa shape index (κ1) is 20.1. The van der Waals surface area contributed by atoms with Crippen LogP contribution in [-0.2, 0) is 16.9 Å². The Hall–Kier alpha value is -2.65. The molecule has 9 nitrogen and oxygen atoms in total. The van der Waals surface area contributed by atoms with E-state index in [9.17, 15) is 15.0 Å². The van der Waals surface area contributed by atoms with Gasteiger partial charge >= 0.3 is 6.09 Å². The number of nitrogens with one attached hydrogen (secondary N) is 1. The summed E-state index contributed by atoms with van der Waals surface area (Å²) in [5, 5.41) is 31.7. The van der Waals surface area contributed by atoms with Gasteiger partial charge in [0.15, 0.2) is 0 Å². The largest absolute Gasteiger partial charge is 0.497 e. The van der Waals surface area contributed by atoms with E-state index < -0.39 is 24.4 Å². The Morgan fingerprint density at radius 1 is 1.39 bits per heavy atom. The van der Waals surface area contributed by atoms with Gasteiger partial charge in [-0.3, -0.25) is 0 Å². The van der Waals surface area contributed by atoms with E-state index >= 15 is 0 Å². The molecule has 1 aromatic carbocycles. The third kappa shape index (κ3) is 4.10. The van der Waals surface area contributed by atoms with E-state index in [1.54, 1.807) is 11.8 Å². The van der Waals surface area contributed by atoms with E-state index in [2.05, 4.69) is 15.6 Å². The van der Waals surface area contributed by atoms with E-state index in [1.807, 2.05) is 38.1 Å². The normalized spacial score (nSPS) is 21.3. The molecule has 1 heterocycles. The van der Waals surface area contributed by atoms with Crippen LogP contribution in [0.25, 0.3) is 0 Å². The number of alkyl carbamates (subject to hydrolysis) is 1. The van der Waals surface area contributed by atoms with Crippen LogP contribution in [0.4, 0.5) is 4.79 Å². The molecule has 0 aliphatic heterocycles. The summed E-state index contributed by atoms with van der Waals surface area (Å²) >= 11 is 0. The molecule has 2 aromatic rings. The lowest BCUT2D eigenvalue weighted by Gasteiger charge is -2.34. The van der Waals surface area contributed by atoms with Crippen molar-refractivity contribution < 1.29 is 24.5 Å². The number of amides is 1. The van der Waals surface area contributed by atoms with Gasteiger partial charge in [0.05, 0.1) is 20.3 Å². The Bertz CT molecular complexity index is 820. The quantitative estimate of drug-likeness (QED) is 0.684. The van der Waals surface area contributed by atoms with Crippen LogP contribution in [0.5, 0.6) is 5.75 Å². The fourth-order valence-electron chi connectivity index (χ4n) is 3.33. The Labute approximate surface area is 163 Å². The molecular weight excluding hydrogens is 364 g/mol. The molecule has 0 fully saturated rings. The highest BCUT2D eigenvalue weighted by Crippen LogP contribution is 2.41. The highest BCUT2D eigenvalue weighted by Gasteiger charge is 2.44. The standard InChI is InChI=1S/C19H26N4O5/c1-12(2)20-18(25)28-15-8-9-19(26,11-24)17-16(15)21-22-23(17)10-13-4-6-14(27-3)7-5-13/h4-7,12,15,24,26H,8-11H2,1-3H3,(H,20,25)/t15-,19-/m1/s1. The van der Waals surface area contributed by atoms with Crippen LogP contribution < -0.4 is 10.1 Å². The van der Waals surface area contributed by atoms with Crippen LogP contribution in [0, 0.1) is 0 Å². The zero-order chi connectivity index (χ0) is 20.3. The minimum atomic E-state index is -1.49. The van der Waals surface area contributed by atoms with Gasteiger partial charge < -0.3 is 25.0 Å². The van der Waals surface area contributed by atoms with Crippen molar-refractivity contribution >= 4 is 6.09 Å². The molecule has 1 aliphatic carbocycles. The lowest BCUT2D eigenvalue weighted by Crippen LogP contribution is -2.40. The van der Waals surface area contributed by atoms with Gasteiger partial charge in [-0.05, 0) is 44.4 Å². The highest BCUT2D eigenvalue weighted by atomic mass is 16.6. The fraction of sp³-hybridized carbons (Fsp3) is 0.526. The number of benzene rings is 1. The number of carbonyl (C=O) groups is 1. The minimum absolute atomic E-state index is 0.0595. The molecule has 3 N–H and O–H groups in total. The van der Waals surface area contributed by atoms with E-state index in [0.29, 0.717) is 24.4 Å². The van der Waals surface area contributed by atoms with Gasteiger partial charge in [-0.25, -0.2) is 9.48 Å². The van der Waals surface area contributed by atoms with Crippen LogP contribution in [0.15, 0.2) is 24.3 Å². The smallest absolute Gasteiger partial charge is 0.408 e. The number of fused-ring (bicyclic) bond motifs is 1. The summed E-state index contributed by atoms with van der Waals surface area (Å²) < 4.78 is 12.2. The van der Waals surface area contributed by atoms with Gasteiger partial charge in [-0.15, -0.1) is 5.10 Å². The second-order valence-electron chi connectivity index (χ2n) is 7.25. The molecule has 3 rings (SSSR count). The number of rotatable bonds is 6. The number of aromatic nitrogens is 3. The van der Waals surface area contributed by atoms with Crippen LogP contribution in [0.2, 0.25) is 0 Å². The molecule has 0 saturated heterocycles. The number of aliphatic hydroxyl groups excluding tert-OH is 1. The van der Waals surface area contributed by atoms with Gasteiger partial charge in [0, 0.05) is 6.04 Å². The van der Waals surface area contributed by atoms with Crippen molar-refractivity contribution in [2.45, 2.75) is 51.0 Å². The maximum absolute atomic E-state index is 12.0. The molecule has 0 radical (unpaired) electrons. The van der Waals surface area contributed by atoms with Crippen molar-refractivity contribution in [3.63, 3.8) is 0 Å². The second-order valence-corrected chi connectivity index (χ2v) is 7.25. The predicted molar refractivity (Wildman–Crippen MR) is 99.8 cm³/mol. The summed E-state index contributed by atoms with van der Waals surface area (Å²) in [6, 6.07) is 7.38. The van der Waals surface area contributed by atoms with Crippen molar-refractivity contribution in [3.05, 3.63) is 41.2 Å². The van der Waals surface area contributed by atoms with E-state index in [1.165, 1.54) is 0 Å². The summed E-state index contributed by atoms with van der Waals surface area (Å²) in [5.41, 5.74) is 0.184. The maximum Gasteiger partial charge on any atom is 0.408 e. The Morgan fingerprint density at radius 2 is 2.11 bits per heavy atom. The number of hydrogen-bond donors (Lipinski definition) is 3. The molecule has 2 atom stereocenters. The molecule has 0 unspecified atom stereocenters. The van der Waals surface area contributed by atoms with Gasteiger partial charge in [-0.1, -0.05) is 17.3 Å². The Morgan fingerprint density at radius 3 is 2.71 bits per heavy atom. The minimum Gasteiger partial charge on any atom is -0.497 e. The number of hydrogen-bond acceptors (Lipinski definition) is 7. The summed E-state index contributed by atoms with van der Waals surface area (Å²) in [6.45, 7) is 3.55. The molecule has 28 heavy (non-hydrogen) atoms. The first-order valence-electron chi connectivity index (χ1n) is 9.23. The van der Waals surface area contributed by atoms with Crippen molar-refractivity contribution in [3.8, 4) is 5.75 Å². The topological polar surface area (TPSA) is 119 Å². The Balaban J connectivity index is 1.88. The van der Waals surface area contributed by atoms with Gasteiger partial charge in [-0.2, -0.15) is 0 Å². The number of carbonyl (C=O) groups excluding carboxylic acids is 1. The molecule has 1 aliphatic rings. The van der Waals surface area contributed by atoms with Crippen molar-refractivity contribution in [2.75, 3.05) is 13.7 Å². The molecule has 1 amide bonds. The van der Waals surface area contributed by atoms with Crippen LogP contribution in [0.3, 0.4) is 0 Å². The number of ether oxygens (including phenoxy) is 2. The van der Waals surface area contributed by atoms with E-state index in [-0.39, 0.29) is 12.5 Å². The van der Waals surface area contributed by atoms with Crippen molar-refractivity contribution in [1.82, 2.24) is 20.3 Å². The lowest BCUT2D eigenvalue weighted by molar-refractivity contribution is -0.0565. The third-order valence-corrected chi connectivity index (χ3v) is 4.74. The predicted octanol–water partition coefficient (Wildman–Crippen LogP) is 1.48. The third-order valence-electron chi connectivity index (χ3n) is 4.74. The molecule has 0 saturated carbocycles. The number of nitrogens with zero attached hydrogens (tertiary/aromatic N) is 3. The molecular formula is C19H26N4O5. The fourth-order valence-corrected chi connectivity index (χ4v) is 3.33. The zero-order valence-electron chi connectivity index (χ0n) is 16.3. The number of aliphatic hydroxyl groups is 2. The van der Waals surface area contributed by atoms with E-state index in [0.717, 1.165) is 11.3 Å². The van der Waals surface area contributed by atoms with Crippen molar-refractivity contribution in [2.24, 2.45) is 0 Å². The van der Waals surface area contributed by atoms with Gasteiger partial charge in [0.1, 0.15) is 28.8 Å². The molecule has 1 aromatic heterocycles. The number of methoxy groups -OCH3 is 1. The van der Waals surface area contributed by atoms with Crippen LogP contribution in [0.1, 0.15) is 49.7 Å². The first-order chi connectivity index (χ1) is 13.4.